The molecule has 3 aromatic rings. The van der Waals surface area contributed by atoms with Gasteiger partial charge in [-0.3, -0.25) is 14.2 Å². The summed E-state index contributed by atoms with van der Waals surface area (Å²) in [5.41, 5.74) is -0.341. The minimum Gasteiger partial charge on any atom is -0.463 e. The number of hydrogen-bond acceptors (Lipinski definition) is 6. The molecule has 0 bridgehead atoms. The van der Waals surface area contributed by atoms with Crippen molar-refractivity contribution in [2.45, 2.75) is 57.8 Å². The molecule has 0 saturated heterocycles. The van der Waals surface area contributed by atoms with E-state index in [0.717, 1.165) is 5.56 Å². The van der Waals surface area contributed by atoms with E-state index in [1.807, 2.05) is 42.5 Å². The highest BCUT2D eigenvalue weighted by molar-refractivity contribution is 5.93. The lowest BCUT2D eigenvalue weighted by Gasteiger charge is -2.20. The number of ether oxygens (including phenoxy) is 3. The van der Waals surface area contributed by atoms with E-state index in [1.165, 1.54) is 11.7 Å². The maximum atomic E-state index is 12.8. The molecular formula is C28H30N2O6. The minimum absolute atomic E-state index is 0.0501. The summed E-state index contributed by atoms with van der Waals surface area (Å²) in [5, 5.41) is 0.701. The third-order valence-corrected chi connectivity index (χ3v) is 5.63. The molecule has 36 heavy (non-hydrogen) atoms. The van der Waals surface area contributed by atoms with Crippen LogP contribution in [0.2, 0.25) is 0 Å². The van der Waals surface area contributed by atoms with Gasteiger partial charge in [0.1, 0.15) is 12.2 Å². The van der Waals surface area contributed by atoms with E-state index in [4.69, 9.17) is 20.8 Å². The Balaban J connectivity index is 1.85. The van der Waals surface area contributed by atoms with Gasteiger partial charge in [-0.05, 0) is 38.0 Å². The first-order valence-electron chi connectivity index (χ1n) is 11.6. The average molecular weight is 491 g/mol. The Kier molecular flexibility index (Phi) is 8.15. The number of para-hydroxylation sites is 1. The van der Waals surface area contributed by atoms with E-state index >= 15 is 0 Å². The molecule has 0 saturated carbocycles. The van der Waals surface area contributed by atoms with Crippen LogP contribution >= 0.6 is 0 Å². The second-order valence-corrected chi connectivity index (χ2v) is 9.48. The molecule has 8 nitrogen and oxygen atoms in total. The number of aromatic nitrogens is 1. The van der Waals surface area contributed by atoms with Gasteiger partial charge in [-0.25, -0.2) is 16.2 Å². The molecule has 1 unspecified atom stereocenters. The highest BCUT2D eigenvalue weighted by Crippen LogP contribution is 2.31. The van der Waals surface area contributed by atoms with E-state index in [1.54, 1.807) is 39.1 Å². The van der Waals surface area contributed by atoms with Crippen LogP contribution in [0.4, 0.5) is 4.79 Å². The predicted molar refractivity (Wildman–Crippen MR) is 134 cm³/mol. The largest absolute Gasteiger partial charge is 0.463 e. The number of hydrogen-bond donors (Lipinski definition) is 0. The SMILES string of the molecule is [C-]#[N+]C(CCC(=O)OCc1ccccc1)(Cc1cn(C(=O)OC(C)(C)C)c2ccccc12)C(=O)OC. The van der Waals surface area contributed by atoms with Crippen molar-refractivity contribution in [2.75, 3.05) is 7.11 Å². The van der Waals surface area contributed by atoms with Gasteiger partial charge in [0, 0.05) is 18.0 Å². The van der Waals surface area contributed by atoms with Crippen molar-refractivity contribution in [3.8, 4) is 0 Å². The Bertz CT molecular complexity index is 1280. The minimum atomic E-state index is -1.66. The van der Waals surface area contributed by atoms with E-state index < -0.39 is 29.2 Å². The highest BCUT2D eigenvalue weighted by Gasteiger charge is 2.48. The van der Waals surface area contributed by atoms with Crippen LogP contribution in [0.15, 0.2) is 60.8 Å². The summed E-state index contributed by atoms with van der Waals surface area (Å²) in [6.07, 6.45) is 0.722. The highest BCUT2D eigenvalue weighted by atomic mass is 16.6. The first-order valence-corrected chi connectivity index (χ1v) is 11.6. The van der Waals surface area contributed by atoms with Gasteiger partial charge in [0.2, 0.25) is 0 Å². The number of esters is 2. The lowest BCUT2D eigenvalue weighted by molar-refractivity contribution is -0.148. The van der Waals surface area contributed by atoms with Crippen LogP contribution in [0.25, 0.3) is 15.7 Å². The number of nitrogens with zero attached hydrogens (tertiary/aromatic N) is 2. The maximum Gasteiger partial charge on any atom is 0.419 e. The summed E-state index contributed by atoms with van der Waals surface area (Å²) in [6.45, 7) is 13.3. The molecule has 0 aliphatic heterocycles. The van der Waals surface area contributed by atoms with Crippen molar-refractivity contribution in [3.63, 3.8) is 0 Å². The van der Waals surface area contributed by atoms with Crippen LogP contribution in [-0.2, 0) is 36.8 Å². The van der Waals surface area contributed by atoms with Gasteiger partial charge in [-0.2, -0.15) is 0 Å². The zero-order chi connectivity index (χ0) is 26.3. The molecule has 2 aromatic carbocycles. The van der Waals surface area contributed by atoms with Crippen LogP contribution in [0.5, 0.6) is 0 Å². The quantitative estimate of drug-likeness (QED) is 0.241. The Morgan fingerprint density at radius 3 is 2.31 bits per heavy atom. The normalized spacial score (nSPS) is 12.9. The van der Waals surface area contributed by atoms with Gasteiger partial charge in [-0.1, -0.05) is 48.5 Å². The van der Waals surface area contributed by atoms with E-state index in [9.17, 15) is 14.4 Å². The van der Waals surface area contributed by atoms with Gasteiger partial charge in [0.05, 0.1) is 25.5 Å². The fourth-order valence-corrected chi connectivity index (χ4v) is 3.88. The van der Waals surface area contributed by atoms with E-state index in [0.29, 0.717) is 16.5 Å². The molecule has 0 aliphatic rings. The average Bonchev–Trinajstić information content (AvgIpc) is 3.23. The summed E-state index contributed by atoms with van der Waals surface area (Å²) < 4.78 is 17.2. The topological polar surface area (TPSA) is 88.2 Å². The van der Waals surface area contributed by atoms with Gasteiger partial charge in [-0.15, -0.1) is 0 Å². The van der Waals surface area contributed by atoms with Gasteiger partial charge < -0.3 is 14.2 Å². The first kappa shape index (κ1) is 26.5. The molecule has 0 amide bonds. The standard InChI is InChI=1S/C28H30N2O6/c1-27(2,3)36-26(33)30-18-21(22-13-9-10-14-23(22)30)17-28(29-4,25(32)34-5)16-15-24(31)35-19-20-11-7-6-8-12-20/h6-14,18H,15-17,19H2,1-3,5H3. The summed E-state index contributed by atoms with van der Waals surface area (Å²) in [5.74, 6) is -1.27. The van der Waals surface area contributed by atoms with Crippen LogP contribution in [0.3, 0.4) is 0 Å². The number of carbonyl (C=O) groups is 3. The van der Waals surface area contributed by atoms with Crippen molar-refractivity contribution in [1.82, 2.24) is 4.57 Å². The zero-order valence-electron chi connectivity index (χ0n) is 20.9. The molecule has 1 aromatic heterocycles. The van der Waals surface area contributed by atoms with E-state index in [2.05, 4.69) is 4.85 Å². The molecule has 0 radical (unpaired) electrons. The van der Waals surface area contributed by atoms with Crippen LogP contribution in [0.1, 0.15) is 44.7 Å². The molecule has 0 N–H and O–H groups in total. The molecule has 1 atom stereocenters. The lowest BCUT2D eigenvalue weighted by Crippen LogP contribution is -2.39. The first-order chi connectivity index (χ1) is 17.1. The Labute approximate surface area is 210 Å². The second-order valence-electron chi connectivity index (χ2n) is 9.48. The predicted octanol–water partition coefficient (Wildman–Crippen LogP) is 5.32. The maximum absolute atomic E-state index is 12.8. The molecule has 0 fully saturated rings. The summed E-state index contributed by atoms with van der Waals surface area (Å²) >= 11 is 0. The number of fused-ring (bicyclic) bond motifs is 1. The van der Waals surface area contributed by atoms with Gasteiger partial charge in [0.25, 0.3) is 0 Å². The summed E-state index contributed by atoms with van der Waals surface area (Å²) in [7, 11) is 1.21. The smallest absolute Gasteiger partial charge is 0.419 e. The Morgan fingerprint density at radius 2 is 1.67 bits per heavy atom. The molecule has 3 rings (SSSR count). The Hall–Kier alpha value is -4.12. The monoisotopic (exact) mass is 490 g/mol. The van der Waals surface area contributed by atoms with Crippen LogP contribution < -0.4 is 0 Å². The fourth-order valence-electron chi connectivity index (χ4n) is 3.88. The van der Waals surface area contributed by atoms with Crippen molar-refractivity contribution in [3.05, 3.63) is 83.3 Å². The molecular weight excluding hydrogens is 460 g/mol. The van der Waals surface area contributed by atoms with Crippen molar-refractivity contribution < 1.29 is 28.6 Å². The number of methoxy groups -OCH3 is 1. The van der Waals surface area contributed by atoms with Crippen LogP contribution in [0, 0.1) is 6.57 Å². The molecule has 1 heterocycles. The fraction of sp³-hybridized carbons (Fsp3) is 0.357. The van der Waals surface area contributed by atoms with Gasteiger partial charge in [0.15, 0.2) is 0 Å². The molecule has 0 aliphatic carbocycles. The number of benzene rings is 2. The number of carbonyl (C=O) groups excluding carboxylic acids is 3. The van der Waals surface area contributed by atoms with E-state index in [-0.39, 0.29) is 25.9 Å². The third kappa shape index (κ3) is 6.30. The summed E-state index contributed by atoms with van der Waals surface area (Å²) in [4.78, 5) is 41.8. The Morgan fingerprint density at radius 1 is 1.00 bits per heavy atom. The second kappa shape index (κ2) is 11.1. The van der Waals surface area contributed by atoms with Crippen molar-refractivity contribution in [1.29, 1.82) is 0 Å². The number of rotatable bonds is 8. The van der Waals surface area contributed by atoms with Crippen molar-refractivity contribution in [2.24, 2.45) is 0 Å². The zero-order valence-corrected chi connectivity index (χ0v) is 20.9. The molecule has 0 spiro atoms. The molecule has 8 heteroatoms. The lowest BCUT2D eigenvalue weighted by atomic mass is 9.87. The van der Waals surface area contributed by atoms with Gasteiger partial charge >= 0.3 is 23.6 Å². The van der Waals surface area contributed by atoms with Crippen molar-refractivity contribution >= 4 is 28.9 Å². The summed E-state index contributed by atoms with van der Waals surface area (Å²) in [6, 6.07) is 16.4. The van der Waals surface area contributed by atoms with Crippen LogP contribution in [-0.4, -0.2) is 40.8 Å². The third-order valence-electron chi connectivity index (χ3n) is 5.63. The molecule has 188 valence electrons.